The van der Waals surface area contributed by atoms with E-state index < -0.39 is 54.5 Å². The molecule has 6 N–H and O–H groups in total. The maximum absolute atomic E-state index is 12.5. The molecule has 4 aromatic rings. The van der Waals surface area contributed by atoms with Gasteiger partial charge in [0.05, 0.1) is 0 Å². The van der Waals surface area contributed by atoms with E-state index in [-0.39, 0.29) is 34.0 Å². The Balaban J connectivity index is 1.24. The first-order valence-electron chi connectivity index (χ1n) is 12.7. The summed E-state index contributed by atoms with van der Waals surface area (Å²) < 4.78 is 22.1. The minimum Gasteiger partial charge on any atom is -0.508 e. The van der Waals surface area contributed by atoms with E-state index in [9.17, 15) is 40.2 Å². The van der Waals surface area contributed by atoms with E-state index in [0.717, 1.165) is 12.1 Å². The molecule has 0 spiro atoms. The van der Waals surface area contributed by atoms with Gasteiger partial charge < -0.3 is 49.3 Å². The lowest BCUT2D eigenvalue weighted by Gasteiger charge is -2.39. The van der Waals surface area contributed by atoms with Crippen LogP contribution in [0.25, 0.3) is 28.4 Å². The predicted octanol–water partition coefficient (Wildman–Crippen LogP) is 2.02. The van der Waals surface area contributed by atoms with E-state index >= 15 is 0 Å². The number of rotatable bonds is 7. The molecule has 3 aromatic carbocycles. The number of aliphatic hydroxyl groups is 3. The van der Waals surface area contributed by atoms with Crippen molar-refractivity contribution in [3.05, 3.63) is 88.6 Å². The number of phenolic OH excluding ortho intramolecular Hbond substituents is 3. The number of carbonyl (C=O) groups excluding carboxylic acids is 1. The van der Waals surface area contributed by atoms with Crippen LogP contribution in [0.5, 0.6) is 23.0 Å². The fraction of sp³-hybridized carbons (Fsp3) is 0.200. The Kier molecular flexibility index (Phi) is 8.13. The number of hydrogen-bond donors (Lipinski definition) is 6. The molecule has 5 atom stereocenters. The van der Waals surface area contributed by atoms with Gasteiger partial charge in [0.25, 0.3) is 0 Å². The second-order valence-electron chi connectivity index (χ2n) is 9.52. The maximum atomic E-state index is 12.5. The molecule has 5 unspecified atom stereocenters. The van der Waals surface area contributed by atoms with Crippen LogP contribution in [0.2, 0.25) is 0 Å². The van der Waals surface area contributed by atoms with Crippen LogP contribution in [-0.2, 0) is 14.3 Å². The second-order valence-corrected chi connectivity index (χ2v) is 9.52. The van der Waals surface area contributed by atoms with Crippen LogP contribution in [0.4, 0.5) is 0 Å². The Bertz CT molecular complexity index is 1660. The highest BCUT2D eigenvalue weighted by Crippen LogP contribution is 2.31. The van der Waals surface area contributed by atoms with Gasteiger partial charge in [-0.05, 0) is 48.0 Å². The fourth-order valence-corrected chi connectivity index (χ4v) is 4.34. The summed E-state index contributed by atoms with van der Waals surface area (Å²) in [6, 6.07) is 15.6. The molecule has 1 aliphatic rings. The lowest BCUT2D eigenvalue weighted by Crippen LogP contribution is -2.60. The van der Waals surface area contributed by atoms with Crippen LogP contribution < -0.4 is 10.2 Å². The van der Waals surface area contributed by atoms with Gasteiger partial charge in [-0.15, -0.1) is 0 Å². The number of fused-ring (bicyclic) bond motifs is 1. The third-order valence-electron chi connectivity index (χ3n) is 6.55. The molecule has 1 aliphatic heterocycles. The van der Waals surface area contributed by atoms with Crippen molar-refractivity contribution < 1.29 is 54.1 Å². The average Bonchev–Trinajstić information content (AvgIpc) is 2.96. The number of phenols is 3. The Morgan fingerprint density at radius 2 is 1.57 bits per heavy atom. The molecular formula is C30H26O12. The summed E-state index contributed by atoms with van der Waals surface area (Å²) in [4.78, 5) is 24.6. The third-order valence-corrected chi connectivity index (χ3v) is 6.55. The van der Waals surface area contributed by atoms with Crippen molar-refractivity contribution >= 4 is 23.0 Å². The minimum atomic E-state index is -1.67. The first kappa shape index (κ1) is 28.6. The highest BCUT2D eigenvalue weighted by Gasteiger charge is 2.45. The van der Waals surface area contributed by atoms with Crippen molar-refractivity contribution in [1.82, 2.24) is 0 Å². The van der Waals surface area contributed by atoms with Crippen LogP contribution in [0.1, 0.15) is 5.56 Å². The van der Waals surface area contributed by atoms with Gasteiger partial charge in [-0.3, -0.25) is 4.79 Å². The van der Waals surface area contributed by atoms with E-state index in [2.05, 4.69) is 0 Å². The van der Waals surface area contributed by atoms with E-state index in [1.807, 2.05) is 0 Å². The molecular weight excluding hydrogens is 552 g/mol. The lowest BCUT2D eigenvalue weighted by atomic mass is 9.99. The molecule has 0 bridgehead atoms. The summed E-state index contributed by atoms with van der Waals surface area (Å²) in [5, 5.41) is 60.0. The summed E-state index contributed by atoms with van der Waals surface area (Å²) in [5.41, 5.74) is 0.565. The first-order valence-corrected chi connectivity index (χ1v) is 12.7. The molecule has 218 valence electrons. The van der Waals surface area contributed by atoms with Gasteiger partial charge in [-0.25, -0.2) is 4.79 Å². The topological polar surface area (TPSA) is 196 Å². The molecule has 0 radical (unpaired) electrons. The zero-order chi connectivity index (χ0) is 30.0. The zero-order valence-electron chi connectivity index (χ0n) is 21.7. The molecule has 0 saturated carbocycles. The number of hydrogen-bond acceptors (Lipinski definition) is 12. The highest BCUT2D eigenvalue weighted by atomic mass is 16.7. The molecule has 42 heavy (non-hydrogen) atoms. The smallest absolute Gasteiger partial charge is 0.330 e. The summed E-state index contributed by atoms with van der Waals surface area (Å²) in [6.07, 6.45) is -4.94. The molecule has 1 aromatic heterocycles. The van der Waals surface area contributed by atoms with Crippen molar-refractivity contribution in [1.29, 1.82) is 0 Å². The number of esters is 1. The first-order chi connectivity index (χ1) is 20.1. The molecule has 12 heteroatoms. The van der Waals surface area contributed by atoms with Gasteiger partial charge >= 0.3 is 5.97 Å². The predicted molar refractivity (Wildman–Crippen MR) is 147 cm³/mol. The van der Waals surface area contributed by atoms with Crippen LogP contribution in [0.15, 0.2) is 82.0 Å². The molecule has 5 rings (SSSR count). The SMILES string of the molecule is O=C(C=Cc1ccc(O)cc1)OCC1OC(Oc2ccc(-c3cc(=O)c4c(O)cc(O)cc4o3)cc2)C(O)C(O)C1O. The van der Waals surface area contributed by atoms with Gasteiger partial charge in [-0.2, -0.15) is 0 Å². The highest BCUT2D eigenvalue weighted by molar-refractivity contribution is 5.87. The van der Waals surface area contributed by atoms with Crippen molar-refractivity contribution in [2.45, 2.75) is 30.7 Å². The minimum absolute atomic E-state index is 0.0100. The van der Waals surface area contributed by atoms with Crippen LogP contribution in [0, 0.1) is 0 Å². The fourth-order valence-electron chi connectivity index (χ4n) is 4.34. The van der Waals surface area contributed by atoms with E-state index in [1.165, 1.54) is 42.5 Å². The monoisotopic (exact) mass is 578 g/mol. The summed E-state index contributed by atoms with van der Waals surface area (Å²) >= 11 is 0. The molecule has 0 amide bonds. The largest absolute Gasteiger partial charge is 0.508 e. The van der Waals surface area contributed by atoms with Crippen molar-refractivity contribution in [3.8, 4) is 34.3 Å². The molecule has 2 heterocycles. The Hall–Kier alpha value is -4.88. The van der Waals surface area contributed by atoms with E-state index in [0.29, 0.717) is 11.1 Å². The number of aromatic hydroxyl groups is 3. The molecule has 1 saturated heterocycles. The molecule has 12 nitrogen and oxygen atoms in total. The molecule has 1 fully saturated rings. The van der Waals surface area contributed by atoms with E-state index in [4.69, 9.17) is 18.6 Å². The number of benzene rings is 3. The van der Waals surface area contributed by atoms with Gasteiger partial charge in [0, 0.05) is 29.8 Å². The van der Waals surface area contributed by atoms with Crippen molar-refractivity contribution in [3.63, 3.8) is 0 Å². The van der Waals surface area contributed by atoms with Crippen LogP contribution >= 0.6 is 0 Å². The van der Waals surface area contributed by atoms with Gasteiger partial charge in [0.1, 0.15) is 70.8 Å². The summed E-state index contributed by atoms with van der Waals surface area (Å²) in [6.45, 7) is -0.450. The Morgan fingerprint density at radius 1 is 0.857 bits per heavy atom. The lowest BCUT2D eigenvalue weighted by molar-refractivity contribution is -0.278. The second kappa shape index (κ2) is 11.9. The number of aliphatic hydroxyl groups excluding tert-OH is 3. The normalized spacial score (nSPS) is 22.3. The van der Waals surface area contributed by atoms with Crippen molar-refractivity contribution in [2.24, 2.45) is 0 Å². The van der Waals surface area contributed by atoms with Crippen molar-refractivity contribution in [2.75, 3.05) is 6.61 Å². The molecule has 0 aliphatic carbocycles. The third kappa shape index (κ3) is 6.21. The summed E-state index contributed by atoms with van der Waals surface area (Å²) in [5.74, 6) is -1.02. The van der Waals surface area contributed by atoms with Gasteiger partial charge in [-0.1, -0.05) is 12.1 Å². The maximum Gasteiger partial charge on any atom is 0.330 e. The van der Waals surface area contributed by atoms with Gasteiger partial charge in [0.15, 0.2) is 5.43 Å². The zero-order valence-corrected chi connectivity index (χ0v) is 21.7. The van der Waals surface area contributed by atoms with Crippen LogP contribution in [0.3, 0.4) is 0 Å². The Labute approximate surface area is 237 Å². The Morgan fingerprint density at radius 3 is 2.29 bits per heavy atom. The van der Waals surface area contributed by atoms with Gasteiger partial charge in [0.2, 0.25) is 6.29 Å². The standard InChI is InChI=1S/C30H26O12/c31-17-6-1-15(2-7-17)3-10-25(35)39-14-24-27(36)28(37)29(38)30(42-24)40-19-8-4-16(5-9-19)22-13-21(34)26-20(33)11-18(32)12-23(26)41-22/h1-13,24,27-33,36-38H,14H2. The number of carbonyl (C=O) groups is 1. The number of ether oxygens (including phenoxy) is 3. The summed E-state index contributed by atoms with van der Waals surface area (Å²) in [7, 11) is 0. The quantitative estimate of drug-likeness (QED) is 0.138. The van der Waals surface area contributed by atoms with Crippen LogP contribution in [-0.4, -0.2) is 73.9 Å². The van der Waals surface area contributed by atoms with E-state index in [1.54, 1.807) is 24.3 Å². The average molecular weight is 579 g/mol.